The molecule has 1 heterocycles. The first-order valence-electron chi connectivity index (χ1n) is 7.27. The van der Waals surface area contributed by atoms with E-state index in [4.69, 9.17) is 10.5 Å². The van der Waals surface area contributed by atoms with Gasteiger partial charge in [-0.1, -0.05) is 24.1 Å². The summed E-state index contributed by atoms with van der Waals surface area (Å²) in [5, 5.41) is 0. The Labute approximate surface area is 116 Å². The van der Waals surface area contributed by atoms with E-state index in [0.717, 1.165) is 18.8 Å². The predicted octanol–water partition coefficient (Wildman–Crippen LogP) is 2.88. The molecule has 1 aromatic carbocycles. The van der Waals surface area contributed by atoms with E-state index >= 15 is 0 Å². The number of ether oxygens (including phenoxy) is 1. The predicted molar refractivity (Wildman–Crippen MR) is 79.5 cm³/mol. The van der Waals surface area contributed by atoms with Crippen LogP contribution < -0.4 is 10.5 Å². The Morgan fingerprint density at radius 3 is 2.89 bits per heavy atom. The Balaban J connectivity index is 2.26. The standard InChI is InChI=1S/C16H26N2O/c1-12-7-8-16(19-3)15(10-12)13(2)18-9-5-4-6-14(18)11-17/h7-8,10,13-14H,4-6,9,11,17H2,1-3H3. The van der Waals surface area contributed by atoms with E-state index in [1.54, 1.807) is 7.11 Å². The van der Waals surface area contributed by atoms with Crippen LogP contribution in [-0.4, -0.2) is 31.1 Å². The zero-order chi connectivity index (χ0) is 13.8. The molecule has 1 aromatic rings. The third-order valence-electron chi connectivity index (χ3n) is 4.28. The molecule has 2 N–H and O–H groups in total. The molecule has 0 spiro atoms. The highest BCUT2D eigenvalue weighted by molar-refractivity contribution is 5.39. The molecule has 2 rings (SSSR count). The summed E-state index contributed by atoms with van der Waals surface area (Å²) in [7, 11) is 1.75. The van der Waals surface area contributed by atoms with Gasteiger partial charge in [0, 0.05) is 24.2 Å². The van der Waals surface area contributed by atoms with Gasteiger partial charge in [0.2, 0.25) is 0 Å². The van der Waals surface area contributed by atoms with E-state index in [1.165, 1.54) is 30.4 Å². The van der Waals surface area contributed by atoms with Gasteiger partial charge in [0.1, 0.15) is 5.75 Å². The molecule has 1 saturated heterocycles. The zero-order valence-corrected chi connectivity index (χ0v) is 12.4. The summed E-state index contributed by atoms with van der Waals surface area (Å²) in [5.41, 5.74) is 8.50. The Bertz CT molecular complexity index is 419. The quantitative estimate of drug-likeness (QED) is 0.906. The first kappa shape index (κ1) is 14.4. The normalized spacial score (nSPS) is 22.2. The Morgan fingerprint density at radius 1 is 1.42 bits per heavy atom. The number of benzene rings is 1. The smallest absolute Gasteiger partial charge is 0.123 e. The van der Waals surface area contributed by atoms with Gasteiger partial charge in [0.15, 0.2) is 0 Å². The number of likely N-dealkylation sites (tertiary alicyclic amines) is 1. The number of rotatable bonds is 4. The van der Waals surface area contributed by atoms with Crippen LogP contribution in [-0.2, 0) is 0 Å². The van der Waals surface area contributed by atoms with Crippen LogP contribution in [0.15, 0.2) is 18.2 Å². The molecule has 3 nitrogen and oxygen atoms in total. The number of nitrogens with zero attached hydrogens (tertiary/aromatic N) is 1. The van der Waals surface area contributed by atoms with Gasteiger partial charge in [0.25, 0.3) is 0 Å². The lowest BCUT2D eigenvalue weighted by molar-refractivity contribution is 0.106. The van der Waals surface area contributed by atoms with Crippen molar-refractivity contribution in [2.45, 2.75) is 45.2 Å². The molecule has 1 aliphatic rings. The average Bonchev–Trinajstić information content (AvgIpc) is 2.46. The fourth-order valence-electron chi connectivity index (χ4n) is 3.14. The molecule has 1 fully saturated rings. The van der Waals surface area contributed by atoms with Gasteiger partial charge in [-0.2, -0.15) is 0 Å². The number of nitrogens with two attached hydrogens (primary N) is 1. The van der Waals surface area contributed by atoms with Crippen molar-refractivity contribution in [1.29, 1.82) is 0 Å². The summed E-state index contributed by atoms with van der Waals surface area (Å²) < 4.78 is 5.52. The molecule has 2 unspecified atom stereocenters. The monoisotopic (exact) mass is 262 g/mol. The van der Waals surface area contributed by atoms with Gasteiger partial charge in [-0.25, -0.2) is 0 Å². The second-order valence-corrected chi connectivity index (χ2v) is 5.54. The lowest BCUT2D eigenvalue weighted by Gasteiger charge is -2.40. The lowest BCUT2D eigenvalue weighted by atomic mass is 9.96. The van der Waals surface area contributed by atoms with Crippen molar-refractivity contribution >= 4 is 0 Å². The molecule has 0 saturated carbocycles. The largest absolute Gasteiger partial charge is 0.496 e. The van der Waals surface area contributed by atoms with Crippen molar-refractivity contribution in [3.63, 3.8) is 0 Å². The fourth-order valence-corrected chi connectivity index (χ4v) is 3.14. The maximum Gasteiger partial charge on any atom is 0.123 e. The maximum absolute atomic E-state index is 5.94. The summed E-state index contributed by atoms with van der Waals surface area (Å²) in [6.45, 7) is 6.29. The molecule has 1 aliphatic heterocycles. The average molecular weight is 262 g/mol. The highest BCUT2D eigenvalue weighted by atomic mass is 16.5. The minimum Gasteiger partial charge on any atom is -0.496 e. The van der Waals surface area contributed by atoms with E-state index in [2.05, 4.69) is 36.9 Å². The molecule has 0 aliphatic carbocycles. The Kier molecular flexibility index (Phi) is 4.83. The number of hydrogen-bond donors (Lipinski definition) is 1. The molecule has 3 heteroatoms. The molecule has 19 heavy (non-hydrogen) atoms. The van der Waals surface area contributed by atoms with Gasteiger partial charge >= 0.3 is 0 Å². The van der Waals surface area contributed by atoms with E-state index in [-0.39, 0.29) is 0 Å². The lowest BCUT2D eigenvalue weighted by Crippen LogP contribution is -2.45. The number of aryl methyl sites for hydroxylation is 1. The molecule has 0 radical (unpaired) electrons. The van der Waals surface area contributed by atoms with E-state index in [1.807, 2.05) is 0 Å². The summed E-state index contributed by atoms with van der Waals surface area (Å²) in [5.74, 6) is 0.986. The molecule has 106 valence electrons. The third-order valence-corrected chi connectivity index (χ3v) is 4.28. The van der Waals surface area contributed by atoms with Crippen LogP contribution in [0.2, 0.25) is 0 Å². The first-order chi connectivity index (χ1) is 9.17. The van der Waals surface area contributed by atoms with Crippen LogP contribution in [0.1, 0.15) is 43.4 Å². The highest BCUT2D eigenvalue weighted by Crippen LogP contribution is 2.33. The van der Waals surface area contributed by atoms with Crippen LogP contribution in [0.4, 0.5) is 0 Å². The maximum atomic E-state index is 5.94. The summed E-state index contributed by atoms with van der Waals surface area (Å²) in [6.07, 6.45) is 3.79. The number of methoxy groups -OCH3 is 1. The van der Waals surface area contributed by atoms with Crippen LogP contribution in [0, 0.1) is 6.92 Å². The van der Waals surface area contributed by atoms with Crippen LogP contribution in [0.3, 0.4) is 0 Å². The van der Waals surface area contributed by atoms with Crippen molar-refractivity contribution in [2.75, 3.05) is 20.2 Å². The highest BCUT2D eigenvalue weighted by Gasteiger charge is 2.27. The number of hydrogen-bond acceptors (Lipinski definition) is 3. The minimum atomic E-state index is 0.365. The van der Waals surface area contributed by atoms with E-state index in [9.17, 15) is 0 Å². The van der Waals surface area contributed by atoms with Crippen LogP contribution in [0.5, 0.6) is 5.75 Å². The fraction of sp³-hybridized carbons (Fsp3) is 0.625. The summed E-state index contributed by atoms with van der Waals surface area (Å²) in [4.78, 5) is 2.54. The van der Waals surface area contributed by atoms with Crippen molar-refractivity contribution in [3.8, 4) is 5.75 Å². The van der Waals surface area contributed by atoms with Crippen LogP contribution >= 0.6 is 0 Å². The van der Waals surface area contributed by atoms with E-state index in [0.29, 0.717) is 12.1 Å². The molecule has 0 aromatic heterocycles. The Morgan fingerprint density at radius 2 is 2.21 bits per heavy atom. The number of piperidine rings is 1. The molecule has 0 amide bonds. The summed E-state index contributed by atoms with van der Waals surface area (Å²) >= 11 is 0. The Hall–Kier alpha value is -1.06. The van der Waals surface area contributed by atoms with Gasteiger partial charge in [-0.05, 0) is 39.3 Å². The molecular formula is C16H26N2O. The van der Waals surface area contributed by atoms with Crippen molar-refractivity contribution in [1.82, 2.24) is 4.90 Å². The van der Waals surface area contributed by atoms with Crippen molar-refractivity contribution in [3.05, 3.63) is 29.3 Å². The first-order valence-corrected chi connectivity index (χ1v) is 7.27. The van der Waals surface area contributed by atoms with Gasteiger partial charge in [-0.15, -0.1) is 0 Å². The molecule has 0 bridgehead atoms. The van der Waals surface area contributed by atoms with Gasteiger partial charge < -0.3 is 10.5 Å². The second-order valence-electron chi connectivity index (χ2n) is 5.54. The van der Waals surface area contributed by atoms with Crippen molar-refractivity contribution in [2.24, 2.45) is 5.73 Å². The van der Waals surface area contributed by atoms with Crippen molar-refractivity contribution < 1.29 is 4.74 Å². The van der Waals surface area contributed by atoms with Crippen LogP contribution in [0.25, 0.3) is 0 Å². The molecular weight excluding hydrogens is 236 g/mol. The molecule has 2 atom stereocenters. The van der Waals surface area contributed by atoms with Gasteiger partial charge in [0.05, 0.1) is 7.11 Å². The van der Waals surface area contributed by atoms with Gasteiger partial charge in [-0.3, -0.25) is 4.90 Å². The zero-order valence-electron chi connectivity index (χ0n) is 12.4. The second kappa shape index (κ2) is 6.40. The topological polar surface area (TPSA) is 38.5 Å². The SMILES string of the molecule is COc1ccc(C)cc1C(C)N1CCCCC1CN. The minimum absolute atomic E-state index is 0.365. The van der Waals surface area contributed by atoms with E-state index < -0.39 is 0 Å². The summed E-state index contributed by atoms with van der Waals surface area (Å²) in [6, 6.07) is 7.29. The third kappa shape index (κ3) is 3.10.